The van der Waals surface area contributed by atoms with Gasteiger partial charge in [0, 0.05) is 24.7 Å². The number of hydrogen-bond acceptors (Lipinski definition) is 4. The Balaban J connectivity index is 1.63. The Labute approximate surface area is 135 Å². The fourth-order valence-corrected chi connectivity index (χ4v) is 3.06. The molecule has 2 saturated heterocycles. The Hall–Kier alpha value is -1.14. The fourth-order valence-electron chi connectivity index (χ4n) is 2.93. The average molecular weight is 325 g/mol. The van der Waals surface area contributed by atoms with Gasteiger partial charge in [-0.3, -0.25) is 4.79 Å². The molecule has 3 atom stereocenters. The first-order valence-corrected chi connectivity index (χ1v) is 7.99. The van der Waals surface area contributed by atoms with Crippen LogP contribution in [0.2, 0.25) is 5.02 Å². The Morgan fingerprint density at radius 2 is 2.05 bits per heavy atom. The lowest BCUT2D eigenvalue weighted by molar-refractivity contribution is -0.139. The number of morpholine rings is 1. The fraction of sp³-hybridized carbons (Fsp3) is 0.562. The van der Waals surface area contributed by atoms with Gasteiger partial charge in [-0.25, -0.2) is 0 Å². The number of amides is 1. The van der Waals surface area contributed by atoms with E-state index in [4.69, 9.17) is 21.1 Å². The summed E-state index contributed by atoms with van der Waals surface area (Å²) in [4.78, 5) is 14.5. The van der Waals surface area contributed by atoms with Gasteiger partial charge < -0.3 is 19.7 Å². The highest BCUT2D eigenvalue weighted by Gasteiger charge is 2.33. The van der Waals surface area contributed by atoms with Crippen LogP contribution >= 0.6 is 11.6 Å². The second kappa shape index (κ2) is 6.96. The number of likely N-dealkylation sites (N-methyl/N-ethyl adjacent to an activating group) is 1. The van der Waals surface area contributed by atoms with E-state index in [1.807, 2.05) is 31.3 Å². The van der Waals surface area contributed by atoms with Gasteiger partial charge in [0.25, 0.3) is 5.91 Å². The molecule has 0 bridgehead atoms. The molecule has 22 heavy (non-hydrogen) atoms. The molecule has 1 N–H and O–H groups in total. The quantitative estimate of drug-likeness (QED) is 0.918. The van der Waals surface area contributed by atoms with Crippen LogP contribution < -0.4 is 5.32 Å². The second-order valence-corrected chi connectivity index (χ2v) is 6.30. The first kappa shape index (κ1) is 15.7. The van der Waals surface area contributed by atoms with Crippen LogP contribution in [-0.4, -0.2) is 56.3 Å². The SMILES string of the molecule is CN1CCO[C@H](C(=O)N[C@H]2CCO[C@H]2c2ccc(Cl)cc2)C1. The molecule has 0 saturated carbocycles. The van der Waals surface area contributed by atoms with Crippen molar-refractivity contribution in [3.63, 3.8) is 0 Å². The van der Waals surface area contributed by atoms with Crippen molar-refractivity contribution in [3.05, 3.63) is 34.9 Å². The molecule has 5 nitrogen and oxygen atoms in total. The van der Waals surface area contributed by atoms with Gasteiger partial charge in [0.2, 0.25) is 0 Å². The summed E-state index contributed by atoms with van der Waals surface area (Å²) in [5, 5.41) is 3.78. The Kier molecular flexibility index (Phi) is 4.98. The van der Waals surface area contributed by atoms with Gasteiger partial charge in [-0.05, 0) is 31.2 Å². The van der Waals surface area contributed by atoms with Crippen molar-refractivity contribution in [1.82, 2.24) is 10.2 Å². The maximum Gasteiger partial charge on any atom is 0.250 e. The van der Waals surface area contributed by atoms with Crippen molar-refractivity contribution in [2.75, 3.05) is 33.4 Å². The summed E-state index contributed by atoms with van der Waals surface area (Å²) in [6, 6.07) is 7.56. The van der Waals surface area contributed by atoms with Crippen LogP contribution in [0.3, 0.4) is 0 Å². The molecule has 0 spiro atoms. The summed E-state index contributed by atoms with van der Waals surface area (Å²) in [5.74, 6) is -0.0546. The standard InChI is InChI=1S/C16H21ClN2O3/c1-19-7-9-21-14(10-19)16(20)18-13-6-8-22-15(13)11-2-4-12(17)5-3-11/h2-5,13-15H,6-10H2,1H3,(H,18,20)/t13-,14-,15-/m0/s1. The van der Waals surface area contributed by atoms with Gasteiger partial charge in [0.05, 0.1) is 12.6 Å². The predicted octanol–water partition coefficient (Wildman–Crippen LogP) is 1.62. The van der Waals surface area contributed by atoms with Crippen LogP contribution in [0.5, 0.6) is 0 Å². The van der Waals surface area contributed by atoms with E-state index in [1.54, 1.807) is 0 Å². The molecule has 6 heteroatoms. The van der Waals surface area contributed by atoms with E-state index in [0.717, 1.165) is 18.5 Å². The summed E-state index contributed by atoms with van der Waals surface area (Å²) in [7, 11) is 2.00. The molecule has 2 aliphatic heterocycles. The number of ether oxygens (including phenoxy) is 2. The topological polar surface area (TPSA) is 50.8 Å². The number of halogens is 1. The van der Waals surface area contributed by atoms with Crippen molar-refractivity contribution in [2.24, 2.45) is 0 Å². The summed E-state index contributed by atoms with van der Waals surface area (Å²) in [6.07, 6.45) is 0.287. The molecular weight excluding hydrogens is 304 g/mol. The van der Waals surface area contributed by atoms with Crippen molar-refractivity contribution in [3.8, 4) is 0 Å². The minimum Gasteiger partial charge on any atom is -0.371 e. The predicted molar refractivity (Wildman–Crippen MR) is 83.9 cm³/mol. The molecule has 2 heterocycles. The molecule has 2 aliphatic rings. The zero-order chi connectivity index (χ0) is 15.5. The molecule has 1 aromatic carbocycles. The molecule has 0 aliphatic carbocycles. The van der Waals surface area contributed by atoms with Crippen molar-refractivity contribution in [2.45, 2.75) is 24.7 Å². The summed E-state index contributed by atoms with van der Waals surface area (Å²) in [6.45, 7) is 2.73. The third-order valence-corrected chi connectivity index (χ3v) is 4.43. The van der Waals surface area contributed by atoms with Gasteiger partial charge in [0.15, 0.2) is 0 Å². The monoisotopic (exact) mass is 324 g/mol. The van der Waals surface area contributed by atoms with E-state index in [1.165, 1.54) is 0 Å². The minimum atomic E-state index is -0.398. The number of nitrogens with zero attached hydrogens (tertiary/aromatic N) is 1. The number of carbonyl (C=O) groups is 1. The van der Waals surface area contributed by atoms with E-state index in [2.05, 4.69) is 10.2 Å². The van der Waals surface area contributed by atoms with Crippen LogP contribution in [0, 0.1) is 0 Å². The number of carbonyl (C=O) groups excluding carboxylic acids is 1. The zero-order valence-corrected chi connectivity index (χ0v) is 13.4. The van der Waals surface area contributed by atoms with Crippen LogP contribution in [0.1, 0.15) is 18.1 Å². The zero-order valence-electron chi connectivity index (χ0n) is 12.6. The molecule has 1 amide bonds. The highest BCUT2D eigenvalue weighted by molar-refractivity contribution is 6.30. The first-order valence-electron chi connectivity index (χ1n) is 7.61. The normalized spacial score (nSPS) is 29.5. The van der Waals surface area contributed by atoms with Crippen LogP contribution in [0.4, 0.5) is 0 Å². The maximum atomic E-state index is 12.4. The Morgan fingerprint density at radius 3 is 2.77 bits per heavy atom. The smallest absolute Gasteiger partial charge is 0.250 e. The van der Waals surface area contributed by atoms with E-state index in [9.17, 15) is 4.79 Å². The van der Waals surface area contributed by atoms with Gasteiger partial charge in [-0.1, -0.05) is 23.7 Å². The van der Waals surface area contributed by atoms with Gasteiger partial charge in [0.1, 0.15) is 12.2 Å². The van der Waals surface area contributed by atoms with Crippen molar-refractivity contribution in [1.29, 1.82) is 0 Å². The molecule has 0 unspecified atom stereocenters. The lowest BCUT2D eigenvalue weighted by Gasteiger charge is -2.30. The Bertz CT molecular complexity index is 523. The Morgan fingerprint density at radius 1 is 1.27 bits per heavy atom. The summed E-state index contributed by atoms with van der Waals surface area (Å²) >= 11 is 5.92. The molecule has 1 aromatic rings. The molecule has 2 fully saturated rings. The van der Waals surface area contributed by atoms with Gasteiger partial charge in [-0.2, -0.15) is 0 Å². The highest BCUT2D eigenvalue weighted by Crippen LogP contribution is 2.30. The van der Waals surface area contributed by atoms with E-state index < -0.39 is 6.10 Å². The average Bonchev–Trinajstić information content (AvgIpc) is 2.96. The van der Waals surface area contributed by atoms with Crippen molar-refractivity contribution >= 4 is 17.5 Å². The highest BCUT2D eigenvalue weighted by atomic mass is 35.5. The second-order valence-electron chi connectivity index (χ2n) is 5.87. The lowest BCUT2D eigenvalue weighted by Crippen LogP contribution is -2.51. The molecule has 0 radical (unpaired) electrons. The molecule has 120 valence electrons. The molecule has 0 aromatic heterocycles. The molecular formula is C16H21ClN2O3. The van der Waals surface area contributed by atoms with Crippen molar-refractivity contribution < 1.29 is 14.3 Å². The van der Waals surface area contributed by atoms with Crippen LogP contribution in [-0.2, 0) is 14.3 Å². The summed E-state index contributed by atoms with van der Waals surface area (Å²) < 4.78 is 11.4. The van der Waals surface area contributed by atoms with Crippen LogP contribution in [0.15, 0.2) is 24.3 Å². The number of hydrogen-bond donors (Lipinski definition) is 1. The van der Waals surface area contributed by atoms with E-state index >= 15 is 0 Å². The third kappa shape index (κ3) is 3.60. The number of benzene rings is 1. The lowest BCUT2D eigenvalue weighted by atomic mass is 10.0. The maximum absolute atomic E-state index is 12.4. The first-order chi connectivity index (χ1) is 10.6. The number of nitrogens with one attached hydrogen (secondary N) is 1. The third-order valence-electron chi connectivity index (χ3n) is 4.18. The van der Waals surface area contributed by atoms with E-state index in [0.29, 0.717) is 24.8 Å². The minimum absolute atomic E-state index is 0.0236. The summed E-state index contributed by atoms with van der Waals surface area (Å²) in [5.41, 5.74) is 1.04. The molecule has 3 rings (SSSR count). The largest absolute Gasteiger partial charge is 0.371 e. The van der Waals surface area contributed by atoms with Gasteiger partial charge in [-0.15, -0.1) is 0 Å². The number of rotatable bonds is 3. The van der Waals surface area contributed by atoms with Crippen LogP contribution in [0.25, 0.3) is 0 Å². The van der Waals surface area contributed by atoms with E-state index in [-0.39, 0.29) is 18.1 Å². The van der Waals surface area contributed by atoms with Gasteiger partial charge >= 0.3 is 0 Å².